The summed E-state index contributed by atoms with van der Waals surface area (Å²) in [6.45, 7) is 2.32. The molecule has 0 aliphatic heterocycles. The van der Waals surface area contributed by atoms with E-state index in [2.05, 4.69) is 17.3 Å². The Morgan fingerprint density at radius 1 is 1.73 bits per heavy atom. The van der Waals surface area contributed by atoms with Crippen LogP contribution >= 0.6 is 23.1 Å². The molecule has 0 saturated carbocycles. The zero-order chi connectivity index (χ0) is 8.10. The van der Waals surface area contributed by atoms with Crippen molar-refractivity contribution in [3.8, 4) is 0 Å². The van der Waals surface area contributed by atoms with E-state index < -0.39 is 0 Å². The second kappa shape index (κ2) is 4.74. The van der Waals surface area contributed by atoms with E-state index in [-0.39, 0.29) is 6.61 Å². The van der Waals surface area contributed by atoms with Gasteiger partial charge in [0.1, 0.15) is 4.34 Å². The monoisotopic (exact) mass is 189 g/mol. The van der Waals surface area contributed by atoms with E-state index in [0.717, 1.165) is 22.2 Å². The van der Waals surface area contributed by atoms with Gasteiger partial charge in [0.25, 0.3) is 0 Å². The van der Waals surface area contributed by atoms with Crippen LogP contribution in [0.5, 0.6) is 0 Å². The first-order valence-corrected chi connectivity index (χ1v) is 5.41. The van der Waals surface area contributed by atoms with Crippen molar-refractivity contribution in [1.29, 1.82) is 0 Å². The van der Waals surface area contributed by atoms with Gasteiger partial charge in [0.15, 0.2) is 0 Å². The van der Waals surface area contributed by atoms with E-state index in [1.165, 1.54) is 0 Å². The smallest absolute Gasteiger partial charge is 0.150 e. The highest BCUT2D eigenvalue weighted by molar-refractivity contribution is 8.01. The average Bonchev–Trinajstić information content (AvgIpc) is 2.48. The summed E-state index contributed by atoms with van der Waals surface area (Å²) in [4.78, 5) is 4.34. The standard InChI is InChI=1S/C7H11NOS2/c1-2-6-5-11-7(8-6)10-4-3-9/h5,9H,2-4H2,1H3. The summed E-state index contributed by atoms with van der Waals surface area (Å²) < 4.78 is 1.07. The number of hydrogen-bond donors (Lipinski definition) is 1. The van der Waals surface area contributed by atoms with Gasteiger partial charge in [0.2, 0.25) is 0 Å². The Balaban J connectivity index is 2.44. The maximum atomic E-state index is 8.55. The molecular formula is C7H11NOS2. The fourth-order valence-corrected chi connectivity index (χ4v) is 2.39. The Labute approximate surface area is 74.7 Å². The van der Waals surface area contributed by atoms with E-state index in [1.54, 1.807) is 23.1 Å². The van der Waals surface area contributed by atoms with Crippen molar-refractivity contribution in [3.63, 3.8) is 0 Å². The summed E-state index contributed by atoms with van der Waals surface area (Å²) in [6.07, 6.45) is 0.996. The van der Waals surface area contributed by atoms with Crippen molar-refractivity contribution in [2.75, 3.05) is 12.4 Å². The number of aliphatic hydroxyl groups is 1. The lowest BCUT2D eigenvalue weighted by Gasteiger charge is -1.90. The first-order valence-electron chi connectivity index (χ1n) is 3.55. The van der Waals surface area contributed by atoms with E-state index >= 15 is 0 Å². The van der Waals surface area contributed by atoms with Gasteiger partial charge in [-0.2, -0.15) is 0 Å². The third-order valence-electron chi connectivity index (χ3n) is 1.21. The molecule has 0 bridgehead atoms. The van der Waals surface area contributed by atoms with Crippen molar-refractivity contribution in [2.45, 2.75) is 17.7 Å². The Kier molecular flexibility index (Phi) is 3.90. The maximum Gasteiger partial charge on any atom is 0.150 e. The minimum atomic E-state index is 0.228. The van der Waals surface area contributed by atoms with E-state index in [0.29, 0.717) is 0 Å². The summed E-state index contributed by atoms with van der Waals surface area (Å²) in [5.74, 6) is 0.747. The molecule has 0 amide bonds. The molecule has 0 aliphatic carbocycles. The lowest BCUT2D eigenvalue weighted by molar-refractivity contribution is 0.322. The van der Waals surface area contributed by atoms with Gasteiger partial charge in [-0.1, -0.05) is 18.7 Å². The lowest BCUT2D eigenvalue weighted by atomic mass is 10.4. The second-order valence-electron chi connectivity index (χ2n) is 2.03. The lowest BCUT2D eigenvalue weighted by Crippen LogP contribution is -1.85. The molecular weight excluding hydrogens is 178 g/mol. The van der Waals surface area contributed by atoms with Crippen molar-refractivity contribution in [1.82, 2.24) is 4.98 Å². The van der Waals surface area contributed by atoms with Crippen LogP contribution < -0.4 is 0 Å². The molecule has 4 heteroatoms. The van der Waals surface area contributed by atoms with Crippen molar-refractivity contribution in [2.24, 2.45) is 0 Å². The van der Waals surface area contributed by atoms with E-state index in [4.69, 9.17) is 5.11 Å². The number of thioether (sulfide) groups is 1. The minimum absolute atomic E-state index is 0.228. The number of rotatable bonds is 4. The van der Waals surface area contributed by atoms with Gasteiger partial charge >= 0.3 is 0 Å². The van der Waals surface area contributed by atoms with Crippen LogP contribution in [0.1, 0.15) is 12.6 Å². The predicted molar refractivity (Wildman–Crippen MR) is 49.3 cm³/mol. The van der Waals surface area contributed by atoms with Gasteiger partial charge in [-0.25, -0.2) is 4.98 Å². The molecule has 0 unspecified atom stereocenters. The molecule has 11 heavy (non-hydrogen) atoms. The summed E-state index contributed by atoms with van der Waals surface area (Å²) in [7, 11) is 0. The molecule has 1 N–H and O–H groups in total. The largest absolute Gasteiger partial charge is 0.396 e. The summed E-state index contributed by atoms with van der Waals surface area (Å²) in [5.41, 5.74) is 1.15. The number of thiazole rings is 1. The summed E-state index contributed by atoms with van der Waals surface area (Å²) in [5, 5.41) is 10.6. The molecule has 2 nitrogen and oxygen atoms in total. The Morgan fingerprint density at radius 2 is 2.55 bits per heavy atom. The van der Waals surface area contributed by atoms with Gasteiger partial charge in [0.05, 0.1) is 12.3 Å². The third kappa shape index (κ3) is 2.81. The molecule has 0 fully saturated rings. The zero-order valence-electron chi connectivity index (χ0n) is 6.41. The molecule has 1 aromatic heterocycles. The Morgan fingerprint density at radius 3 is 3.09 bits per heavy atom. The predicted octanol–water partition coefficient (Wildman–Crippen LogP) is 1.79. The van der Waals surface area contributed by atoms with Gasteiger partial charge in [-0.15, -0.1) is 11.3 Å². The van der Waals surface area contributed by atoms with Crippen LogP contribution in [-0.4, -0.2) is 22.5 Å². The number of nitrogens with zero attached hydrogens (tertiary/aromatic N) is 1. The fourth-order valence-electron chi connectivity index (χ4n) is 0.650. The quantitative estimate of drug-likeness (QED) is 0.733. The molecule has 0 radical (unpaired) electrons. The highest BCUT2D eigenvalue weighted by Crippen LogP contribution is 2.22. The highest BCUT2D eigenvalue weighted by atomic mass is 32.2. The van der Waals surface area contributed by atoms with Gasteiger partial charge in [0, 0.05) is 11.1 Å². The maximum absolute atomic E-state index is 8.55. The van der Waals surface area contributed by atoms with Crippen LogP contribution in [0.25, 0.3) is 0 Å². The molecule has 1 aromatic rings. The number of aryl methyl sites for hydroxylation is 1. The van der Waals surface area contributed by atoms with Crippen LogP contribution in [-0.2, 0) is 6.42 Å². The normalized spacial score (nSPS) is 10.4. The zero-order valence-corrected chi connectivity index (χ0v) is 8.04. The summed E-state index contributed by atoms with van der Waals surface area (Å²) in [6, 6.07) is 0. The van der Waals surface area contributed by atoms with Gasteiger partial charge < -0.3 is 5.11 Å². The van der Waals surface area contributed by atoms with Crippen LogP contribution in [0.4, 0.5) is 0 Å². The van der Waals surface area contributed by atoms with E-state index in [9.17, 15) is 0 Å². The van der Waals surface area contributed by atoms with Crippen LogP contribution in [0.2, 0.25) is 0 Å². The van der Waals surface area contributed by atoms with Crippen LogP contribution in [0.15, 0.2) is 9.72 Å². The molecule has 1 heterocycles. The molecule has 1 rings (SSSR count). The number of aliphatic hydroxyl groups excluding tert-OH is 1. The first kappa shape index (κ1) is 9.03. The van der Waals surface area contributed by atoms with Crippen LogP contribution in [0, 0.1) is 0 Å². The molecule has 0 atom stereocenters. The fraction of sp³-hybridized carbons (Fsp3) is 0.571. The molecule has 62 valence electrons. The van der Waals surface area contributed by atoms with Gasteiger partial charge in [-0.05, 0) is 6.42 Å². The van der Waals surface area contributed by atoms with Crippen molar-refractivity contribution >= 4 is 23.1 Å². The number of hydrogen-bond acceptors (Lipinski definition) is 4. The first-order chi connectivity index (χ1) is 5.36. The number of aromatic nitrogens is 1. The average molecular weight is 189 g/mol. The third-order valence-corrected chi connectivity index (χ3v) is 3.26. The molecule has 0 aliphatic rings. The van der Waals surface area contributed by atoms with Crippen molar-refractivity contribution < 1.29 is 5.11 Å². The molecule has 0 spiro atoms. The van der Waals surface area contributed by atoms with Crippen LogP contribution in [0.3, 0.4) is 0 Å². The SMILES string of the molecule is CCc1csc(SCCO)n1. The highest BCUT2D eigenvalue weighted by Gasteiger charge is 1.99. The van der Waals surface area contributed by atoms with Crippen molar-refractivity contribution in [3.05, 3.63) is 11.1 Å². The Bertz CT molecular complexity index is 212. The van der Waals surface area contributed by atoms with Gasteiger partial charge in [-0.3, -0.25) is 0 Å². The minimum Gasteiger partial charge on any atom is -0.396 e. The molecule has 0 aromatic carbocycles. The second-order valence-corrected chi connectivity index (χ2v) is 4.23. The molecule has 0 saturated heterocycles. The van der Waals surface area contributed by atoms with E-state index in [1.807, 2.05) is 0 Å². The topological polar surface area (TPSA) is 33.1 Å². The summed E-state index contributed by atoms with van der Waals surface area (Å²) >= 11 is 3.27. The Hall–Kier alpha value is -0.0600.